The van der Waals surface area contributed by atoms with Crippen molar-refractivity contribution >= 4 is 17.9 Å². The third-order valence-electron chi connectivity index (χ3n) is 10.6. The van der Waals surface area contributed by atoms with Crippen LogP contribution in [0.25, 0.3) is 0 Å². The first-order valence-corrected chi connectivity index (χ1v) is 25.6. The highest BCUT2D eigenvalue weighted by molar-refractivity contribution is 5.71. The lowest BCUT2D eigenvalue weighted by Gasteiger charge is -2.18. The van der Waals surface area contributed by atoms with Crippen molar-refractivity contribution in [3.05, 3.63) is 85.1 Å². The van der Waals surface area contributed by atoms with Gasteiger partial charge in [0.2, 0.25) is 0 Å². The van der Waals surface area contributed by atoms with Gasteiger partial charge in [0.05, 0.1) is 0 Å². The van der Waals surface area contributed by atoms with Gasteiger partial charge in [-0.25, -0.2) is 0 Å². The number of carbonyl (C=O) groups is 3. The molecule has 0 aromatic heterocycles. The summed E-state index contributed by atoms with van der Waals surface area (Å²) in [5.41, 5.74) is 0. The topological polar surface area (TPSA) is 78.9 Å². The van der Waals surface area contributed by atoms with Crippen molar-refractivity contribution in [2.45, 2.75) is 239 Å². The maximum atomic E-state index is 12.8. The second kappa shape index (κ2) is 50.2. The third-order valence-corrected chi connectivity index (χ3v) is 10.6. The number of ether oxygens (including phenoxy) is 3. The molecule has 0 aromatic rings. The normalized spacial score (nSPS) is 12.8. The van der Waals surface area contributed by atoms with Gasteiger partial charge in [0.1, 0.15) is 13.2 Å². The summed E-state index contributed by atoms with van der Waals surface area (Å²) >= 11 is 0. The highest BCUT2D eigenvalue weighted by atomic mass is 16.6. The number of allylic oxidation sites excluding steroid dienone is 14. The molecule has 1 atom stereocenters. The molecule has 0 heterocycles. The van der Waals surface area contributed by atoms with Crippen LogP contribution in [0.4, 0.5) is 0 Å². The van der Waals surface area contributed by atoms with Crippen LogP contribution in [0, 0.1) is 0 Å². The molecule has 6 nitrogen and oxygen atoms in total. The maximum absolute atomic E-state index is 12.8. The number of rotatable bonds is 45. The van der Waals surface area contributed by atoms with Gasteiger partial charge in [0.25, 0.3) is 0 Å². The van der Waals surface area contributed by atoms with Gasteiger partial charge in [-0.1, -0.05) is 215 Å². The molecule has 0 aromatic carbocycles. The molecule has 0 aliphatic heterocycles. The maximum Gasteiger partial charge on any atom is 0.306 e. The molecule has 6 heteroatoms. The van der Waals surface area contributed by atoms with Crippen LogP contribution in [0.2, 0.25) is 0 Å². The van der Waals surface area contributed by atoms with Gasteiger partial charge in [0, 0.05) is 19.3 Å². The van der Waals surface area contributed by atoms with Crippen LogP contribution >= 0.6 is 0 Å². The molecule has 0 fully saturated rings. The zero-order valence-corrected chi connectivity index (χ0v) is 40.4. The fourth-order valence-electron chi connectivity index (χ4n) is 6.81. The Morgan fingerprint density at radius 1 is 0.339 bits per heavy atom. The Balaban J connectivity index is 4.43. The van der Waals surface area contributed by atoms with Gasteiger partial charge < -0.3 is 14.2 Å². The van der Waals surface area contributed by atoms with Crippen molar-refractivity contribution < 1.29 is 28.6 Å². The molecule has 0 bridgehead atoms. The first kappa shape index (κ1) is 58.6. The average Bonchev–Trinajstić information content (AvgIpc) is 3.27. The second-order valence-corrected chi connectivity index (χ2v) is 16.7. The summed E-state index contributed by atoms with van der Waals surface area (Å²) in [6.07, 6.45) is 64.4. The Bertz CT molecular complexity index is 1220. The average molecular weight is 863 g/mol. The van der Waals surface area contributed by atoms with Crippen LogP contribution in [0.5, 0.6) is 0 Å². The minimum atomic E-state index is -0.806. The Morgan fingerprint density at radius 2 is 0.661 bits per heavy atom. The van der Waals surface area contributed by atoms with E-state index >= 15 is 0 Å². The standard InChI is InChI=1S/C56H94O6/c1-4-7-10-13-16-19-21-23-25-27-28-30-31-33-35-37-40-43-46-49-55(58)61-52-53(51-60-54(57)48-45-42-39-18-15-12-9-6-3)62-56(59)50-47-44-41-38-36-34-32-29-26-24-22-20-17-14-11-8-5-2/h7,10,16,19,23-26,28,30,33,35,40,43,53H,4-6,8-9,11-15,17-18,20-22,27,29,31-32,34,36-39,41-42,44-52H2,1-3H3/b10-7-,19-16-,25-23-,26-24-,30-28-,35-33-,43-40-. The predicted molar refractivity (Wildman–Crippen MR) is 265 cm³/mol. The summed E-state index contributed by atoms with van der Waals surface area (Å²) in [5.74, 6) is -0.999. The summed E-state index contributed by atoms with van der Waals surface area (Å²) in [4.78, 5) is 37.8. The van der Waals surface area contributed by atoms with Crippen molar-refractivity contribution in [3.63, 3.8) is 0 Å². The zero-order valence-electron chi connectivity index (χ0n) is 40.4. The molecule has 0 saturated heterocycles. The molecule has 354 valence electrons. The van der Waals surface area contributed by atoms with Crippen LogP contribution in [-0.2, 0) is 28.6 Å². The van der Waals surface area contributed by atoms with Gasteiger partial charge in [-0.3, -0.25) is 14.4 Å². The molecule has 0 aliphatic rings. The summed E-state index contributed by atoms with van der Waals surface area (Å²) in [6, 6.07) is 0. The lowest BCUT2D eigenvalue weighted by molar-refractivity contribution is -0.166. The van der Waals surface area contributed by atoms with Crippen LogP contribution in [-0.4, -0.2) is 37.2 Å². The van der Waals surface area contributed by atoms with E-state index in [1.165, 1.54) is 109 Å². The van der Waals surface area contributed by atoms with E-state index in [4.69, 9.17) is 14.2 Å². The molecular formula is C56H94O6. The molecule has 0 saturated carbocycles. The number of carbonyl (C=O) groups excluding carboxylic acids is 3. The van der Waals surface area contributed by atoms with E-state index < -0.39 is 6.10 Å². The van der Waals surface area contributed by atoms with Gasteiger partial charge >= 0.3 is 17.9 Å². The SMILES string of the molecule is CC/C=C\C/C=C\C/C=C\C/C=C\C/C=C\C/C=C\CCC(=O)OCC(COC(=O)CCCCCCCCCC)OC(=O)CCCCCCCCC/C=C\CCCCCCCC. The fraction of sp³-hybridized carbons (Fsp3) is 0.696. The number of hydrogen-bond acceptors (Lipinski definition) is 6. The second-order valence-electron chi connectivity index (χ2n) is 16.7. The number of esters is 3. The minimum absolute atomic E-state index is 0.101. The molecule has 0 N–H and O–H groups in total. The third kappa shape index (κ3) is 47.6. The van der Waals surface area contributed by atoms with E-state index in [-0.39, 0.29) is 37.5 Å². The van der Waals surface area contributed by atoms with E-state index in [1.54, 1.807) is 0 Å². The van der Waals surface area contributed by atoms with Crippen LogP contribution < -0.4 is 0 Å². The molecule has 0 spiro atoms. The molecule has 0 amide bonds. The summed E-state index contributed by atoms with van der Waals surface area (Å²) in [7, 11) is 0. The number of unbranched alkanes of at least 4 members (excludes halogenated alkanes) is 20. The van der Waals surface area contributed by atoms with Crippen LogP contribution in [0.15, 0.2) is 85.1 Å². The van der Waals surface area contributed by atoms with Crippen molar-refractivity contribution in [1.29, 1.82) is 0 Å². The molecule has 1 unspecified atom stereocenters. The fourth-order valence-corrected chi connectivity index (χ4v) is 6.81. The van der Waals surface area contributed by atoms with E-state index in [1.807, 2.05) is 6.08 Å². The van der Waals surface area contributed by atoms with Crippen molar-refractivity contribution in [1.82, 2.24) is 0 Å². The highest BCUT2D eigenvalue weighted by Gasteiger charge is 2.19. The summed E-state index contributed by atoms with van der Waals surface area (Å²) in [5, 5.41) is 0. The van der Waals surface area contributed by atoms with Crippen molar-refractivity contribution in [2.24, 2.45) is 0 Å². The van der Waals surface area contributed by atoms with Crippen LogP contribution in [0.3, 0.4) is 0 Å². The Morgan fingerprint density at radius 3 is 1.08 bits per heavy atom. The highest BCUT2D eigenvalue weighted by Crippen LogP contribution is 2.14. The van der Waals surface area contributed by atoms with Gasteiger partial charge in [-0.2, -0.15) is 0 Å². The first-order chi connectivity index (χ1) is 30.5. The summed E-state index contributed by atoms with van der Waals surface area (Å²) < 4.78 is 16.7. The molecule has 0 rings (SSSR count). The van der Waals surface area contributed by atoms with Crippen molar-refractivity contribution in [2.75, 3.05) is 13.2 Å². The molecule has 62 heavy (non-hydrogen) atoms. The van der Waals surface area contributed by atoms with E-state index in [0.29, 0.717) is 19.3 Å². The molecular weight excluding hydrogens is 769 g/mol. The predicted octanol–water partition coefficient (Wildman–Crippen LogP) is 16.8. The smallest absolute Gasteiger partial charge is 0.306 e. The number of hydrogen-bond donors (Lipinski definition) is 0. The Labute approximate surface area is 382 Å². The van der Waals surface area contributed by atoms with E-state index in [9.17, 15) is 14.4 Å². The Kier molecular flexibility index (Phi) is 47.5. The molecule has 0 aliphatic carbocycles. The van der Waals surface area contributed by atoms with Crippen LogP contribution in [0.1, 0.15) is 233 Å². The van der Waals surface area contributed by atoms with Gasteiger partial charge in [-0.15, -0.1) is 0 Å². The minimum Gasteiger partial charge on any atom is -0.462 e. The van der Waals surface area contributed by atoms with Crippen molar-refractivity contribution in [3.8, 4) is 0 Å². The van der Waals surface area contributed by atoms with E-state index in [0.717, 1.165) is 77.0 Å². The van der Waals surface area contributed by atoms with Gasteiger partial charge in [0.15, 0.2) is 6.10 Å². The largest absolute Gasteiger partial charge is 0.462 e. The quantitative estimate of drug-likeness (QED) is 0.0263. The first-order valence-electron chi connectivity index (χ1n) is 25.6. The molecule has 0 radical (unpaired) electrons. The summed E-state index contributed by atoms with van der Waals surface area (Å²) in [6.45, 7) is 6.42. The lowest BCUT2D eigenvalue weighted by Crippen LogP contribution is -2.30. The monoisotopic (exact) mass is 863 g/mol. The van der Waals surface area contributed by atoms with E-state index in [2.05, 4.69) is 99.8 Å². The van der Waals surface area contributed by atoms with Gasteiger partial charge in [-0.05, 0) is 83.5 Å². The lowest BCUT2D eigenvalue weighted by atomic mass is 10.1. The zero-order chi connectivity index (χ0) is 45.1. The Hall–Kier alpha value is -3.41.